The highest BCUT2D eigenvalue weighted by atomic mass is 35.5. The maximum Gasteiger partial charge on any atom is 0.228 e. The number of hydrogen-bond donors (Lipinski definition) is 2. The quantitative estimate of drug-likeness (QED) is 0.889. The molecule has 1 heterocycles. The van der Waals surface area contributed by atoms with E-state index in [0.717, 1.165) is 0 Å². The smallest absolute Gasteiger partial charge is 0.228 e. The van der Waals surface area contributed by atoms with Crippen molar-refractivity contribution in [3.05, 3.63) is 41.9 Å². The number of rotatable bonds is 5. The number of para-hydroxylation sites is 1. The lowest BCUT2D eigenvalue weighted by Crippen LogP contribution is -2.29. The lowest BCUT2D eigenvalue weighted by molar-refractivity contribution is -0.119. The molecule has 2 rings (SSSR count). The van der Waals surface area contributed by atoms with E-state index < -0.39 is 0 Å². The van der Waals surface area contributed by atoms with Gasteiger partial charge in [-0.2, -0.15) is 0 Å². The fraction of sp³-hybridized carbons (Fsp3) is 0.286. The Morgan fingerprint density at radius 3 is 2.95 bits per heavy atom. The van der Waals surface area contributed by atoms with Crippen molar-refractivity contribution in [2.24, 2.45) is 11.7 Å². The van der Waals surface area contributed by atoms with Gasteiger partial charge in [0.05, 0.1) is 28.6 Å². The van der Waals surface area contributed by atoms with Gasteiger partial charge in [-0.15, -0.1) is 0 Å². The molecule has 2 aromatic rings. The van der Waals surface area contributed by atoms with Gasteiger partial charge in [0.25, 0.3) is 0 Å². The van der Waals surface area contributed by atoms with Gasteiger partial charge in [0.2, 0.25) is 5.91 Å². The molecule has 0 saturated heterocycles. The molecule has 6 heteroatoms. The minimum absolute atomic E-state index is 0.0985. The highest BCUT2D eigenvalue weighted by molar-refractivity contribution is 6.33. The number of imidazole rings is 1. The molecule has 0 saturated carbocycles. The maximum absolute atomic E-state index is 12.1. The Hall–Kier alpha value is -1.85. The van der Waals surface area contributed by atoms with Crippen LogP contribution in [0, 0.1) is 5.92 Å². The average Bonchev–Trinajstić information content (AvgIpc) is 2.94. The fourth-order valence-corrected chi connectivity index (χ4v) is 2.24. The average molecular weight is 293 g/mol. The van der Waals surface area contributed by atoms with E-state index in [9.17, 15) is 4.79 Å². The molecule has 1 aromatic heterocycles. The van der Waals surface area contributed by atoms with Gasteiger partial charge >= 0.3 is 0 Å². The van der Waals surface area contributed by atoms with Crippen molar-refractivity contribution in [3.8, 4) is 5.69 Å². The van der Waals surface area contributed by atoms with Gasteiger partial charge in [0, 0.05) is 18.9 Å². The Kier molecular flexibility index (Phi) is 4.76. The van der Waals surface area contributed by atoms with Crippen LogP contribution in [0.4, 0.5) is 5.69 Å². The van der Waals surface area contributed by atoms with E-state index >= 15 is 0 Å². The first-order valence-corrected chi connectivity index (χ1v) is 6.83. The molecule has 0 aliphatic carbocycles. The van der Waals surface area contributed by atoms with Crippen molar-refractivity contribution in [2.75, 3.05) is 11.9 Å². The van der Waals surface area contributed by atoms with Crippen molar-refractivity contribution in [1.82, 2.24) is 9.55 Å². The number of nitrogens with two attached hydrogens (primary N) is 1. The Balaban J connectivity index is 2.33. The van der Waals surface area contributed by atoms with E-state index in [4.69, 9.17) is 17.3 Å². The van der Waals surface area contributed by atoms with Crippen LogP contribution in [0.2, 0.25) is 5.02 Å². The molecular formula is C14H17ClN4O. The number of hydrogen-bond acceptors (Lipinski definition) is 3. The monoisotopic (exact) mass is 292 g/mol. The Bertz CT molecular complexity index is 579. The molecule has 1 aromatic carbocycles. The number of anilines is 1. The first-order chi connectivity index (χ1) is 9.67. The van der Waals surface area contributed by atoms with Crippen LogP contribution in [0.25, 0.3) is 5.69 Å². The Morgan fingerprint density at radius 1 is 1.55 bits per heavy atom. The van der Waals surface area contributed by atoms with Crippen LogP contribution in [0.1, 0.15) is 13.3 Å². The van der Waals surface area contributed by atoms with Gasteiger partial charge < -0.3 is 15.6 Å². The van der Waals surface area contributed by atoms with Gasteiger partial charge in [0.1, 0.15) is 0 Å². The number of carbonyl (C=O) groups excluding carboxylic acids is 1. The minimum Gasteiger partial charge on any atom is -0.330 e. The van der Waals surface area contributed by atoms with Crippen molar-refractivity contribution in [2.45, 2.75) is 13.3 Å². The molecule has 1 amide bonds. The van der Waals surface area contributed by atoms with Crippen LogP contribution in [0.5, 0.6) is 0 Å². The molecule has 0 aliphatic rings. The topological polar surface area (TPSA) is 72.9 Å². The summed E-state index contributed by atoms with van der Waals surface area (Å²) < 4.78 is 1.77. The number of aromatic nitrogens is 2. The second kappa shape index (κ2) is 6.54. The summed E-state index contributed by atoms with van der Waals surface area (Å²) in [4.78, 5) is 16.1. The van der Waals surface area contributed by atoms with Crippen molar-refractivity contribution < 1.29 is 4.79 Å². The van der Waals surface area contributed by atoms with Crippen molar-refractivity contribution in [1.29, 1.82) is 0 Å². The molecule has 1 unspecified atom stereocenters. The Labute approximate surface area is 122 Å². The van der Waals surface area contributed by atoms with Crippen LogP contribution in [0.3, 0.4) is 0 Å². The number of benzene rings is 1. The van der Waals surface area contributed by atoms with E-state index in [0.29, 0.717) is 29.4 Å². The maximum atomic E-state index is 12.1. The molecule has 20 heavy (non-hydrogen) atoms. The first-order valence-electron chi connectivity index (χ1n) is 6.45. The third kappa shape index (κ3) is 3.00. The van der Waals surface area contributed by atoms with E-state index in [1.54, 1.807) is 35.4 Å². The normalized spacial score (nSPS) is 12.2. The van der Waals surface area contributed by atoms with E-state index in [2.05, 4.69) is 10.3 Å². The third-order valence-electron chi connectivity index (χ3n) is 3.16. The summed E-state index contributed by atoms with van der Waals surface area (Å²) >= 11 is 6.23. The number of halogens is 1. The predicted octanol–water partition coefficient (Wildman–Crippen LogP) is 2.45. The number of amides is 1. The summed E-state index contributed by atoms with van der Waals surface area (Å²) in [6, 6.07) is 5.37. The largest absolute Gasteiger partial charge is 0.330 e. The molecule has 3 N–H and O–H groups in total. The summed E-state index contributed by atoms with van der Waals surface area (Å²) in [5.74, 6) is -0.303. The highest BCUT2D eigenvalue weighted by Crippen LogP contribution is 2.28. The zero-order valence-corrected chi connectivity index (χ0v) is 12.0. The van der Waals surface area contributed by atoms with E-state index in [1.165, 1.54) is 0 Å². The standard InChI is InChI=1S/C14H17ClN4O/c1-2-10(8-16)14(20)18-12-5-3-4-11(15)13(12)19-7-6-17-9-19/h3-7,9-10H,2,8,16H2,1H3,(H,18,20). The lowest BCUT2D eigenvalue weighted by Gasteiger charge is -2.16. The van der Waals surface area contributed by atoms with Gasteiger partial charge in [-0.3, -0.25) is 4.79 Å². The van der Waals surface area contributed by atoms with Gasteiger partial charge in [-0.1, -0.05) is 24.6 Å². The van der Waals surface area contributed by atoms with Gasteiger partial charge in [0.15, 0.2) is 0 Å². The molecule has 0 fully saturated rings. The lowest BCUT2D eigenvalue weighted by atomic mass is 10.1. The van der Waals surface area contributed by atoms with Crippen LogP contribution >= 0.6 is 11.6 Å². The van der Waals surface area contributed by atoms with E-state index in [-0.39, 0.29) is 11.8 Å². The van der Waals surface area contributed by atoms with Gasteiger partial charge in [-0.05, 0) is 18.6 Å². The second-order valence-electron chi connectivity index (χ2n) is 4.44. The summed E-state index contributed by atoms with van der Waals surface area (Å²) in [5, 5.41) is 3.43. The van der Waals surface area contributed by atoms with Crippen LogP contribution in [-0.2, 0) is 4.79 Å². The molecule has 0 radical (unpaired) electrons. The minimum atomic E-state index is -0.204. The number of carbonyl (C=O) groups is 1. The number of nitrogens with zero attached hydrogens (tertiary/aromatic N) is 2. The summed E-state index contributed by atoms with van der Waals surface area (Å²) in [7, 11) is 0. The SMILES string of the molecule is CCC(CN)C(=O)Nc1cccc(Cl)c1-n1ccnc1. The molecule has 5 nitrogen and oxygen atoms in total. The van der Waals surface area contributed by atoms with Crippen LogP contribution in [0.15, 0.2) is 36.9 Å². The molecule has 0 spiro atoms. The molecule has 1 atom stereocenters. The summed E-state index contributed by atoms with van der Waals surface area (Å²) in [5.41, 5.74) is 6.94. The molecular weight excluding hydrogens is 276 g/mol. The molecule has 0 bridgehead atoms. The zero-order chi connectivity index (χ0) is 14.5. The van der Waals surface area contributed by atoms with Crippen molar-refractivity contribution in [3.63, 3.8) is 0 Å². The molecule has 106 valence electrons. The van der Waals surface area contributed by atoms with Crippen LogP contribution < -0.4 is 11.1 Å². The van der Waals surface area contributed by atoms with E-state index in [1.807, 2.05) is 13.0 Å². The van der Waals surface area contributed by atoms with Crippen LogP contribution in [-0.4, -0.2) is 22.0 Å². The third-order valence-corrected chi connectivity index (χ3v) is 3.46. The van der Waals surface area contributed by atoms with Gasteiger partial charge in [-0.25, -0.2) is 4.98 Å². The number of nitrogens with one attached hydrogen (secondary N) is 1. The Morgan fingerprint density at radius 2 is 2.35 bits per heavy atom. The summed E-state index contributed by atoms with van der Waals surface area (Å²) in [6.45, 7) is 2.26. The fourth-order valence-electron chi connectivity index (χ4n) is 1.96. The predicted molar refractivity (Wildman–Crippen MR) is 80.0 cm³/mol. The summed E-state index contributed by atoms with van der Waals surface area (Å²) in [6.07, 6.45) is 5.77. The molecule has 0 aliphatic heterocycles. The van der Waals surface area contributed by atoms with Crippen molar-refractivity contribution >= 4 is 23.2 Å². The highest BCUT2D eigenvalue weighted by Gasteiger charge is 2.17. The second-order valence-corrected chi connectivity index (χ2v) is 4.84. The first kappa shape index (κ1) is 14.6. The zero-order valence-electron chi connectivity index (χ0n) is 11.2.